The fourth-order valence-corrected chi connectivity index (χ4v) is 1.70. The highest BCUT2D eigenvalue weighted by Gasteiger charge is 2.11. The van der Waals surface area contributed by atoms with Gasteiger partial charge in [-0.15, -0.1) is 0 Å². The summed E-state index contributed by atoms with van der Waals surface area (Å²) in [7, 11) is 0. The van der Waals surface area contributed by atoms with Crippen molar-refractivity contribution in [2.24, 2.45) is 0 Å². The zero-order valence-corrected chi connectivity index (χ0v) is 10.8. The predicted molar refractivity (Wildman–Crippen MR) is 73.0 cm³/mol. The third-order valence-corrected chi connectivity index (χ3v) is 2.51. The SMILES string of the molecule is CC(=O)N/C(=C/c1ccnn1-c1ccccc1)C(=O)O. The lowest BCUT2D eigenvalue weighted by Gasteiger charge is -2.06. The minimum atomic E-state index is -1.21. The Morgan fingerprint density at radius 1 is 1.25 bits per heavy atom. The normalized spacial score (nSPS) is 11.2. The van der Waals surface area contributed by atoms with Crippen molar-refractivity contribution in [2.45, 2.75) is 6.92 Å². The summed E-state index contributed by atoms with van der Waals surface area (Å²) in [4.78, 5) is 22.1. The minimum absolute atomic E-state index is 0.199. The number of rotatable bonds is 4. The van der Waals surface area contributed by atoms with Crippen molar-refractivity contribution in [1.29, 1.82) is 0 Å². The summed E-state index contributed by atoms with van der Waals surface area (Å²) in [6, 6.07) is 11.0. The lowest BCUT2D eigenvalue weighted by atomic mass is 10.3. The molecule has 6 nitrogen and oxygen atoms in total. The van der Waals surface area contributed by atoms with E-state index in [1.165, 1.54) is 13.0 Å². The molecule has 1 aromatic carbocycles. The van der Waals surface area contributed by atoms with E-state index in [0.717, 1.165) is 5.69 Å². The highest BCUT2D eigenvalue weighted by molar-refractivity contribution is 5.96. The van der Waals surface area contributed by atoms with Crippen molar-refractivity contribution in [3.8, 4) is 5.69 Å². The second kappa shape index (κ2) is 5.83. The number of aromatic nitrogens is 2. The Bertz CT molecular complexity index is 659. The number of nitrogens with one attached hydrogen (secondary N) is 1. The molecule has 2 aromatic rings. The first-order valence-corrected chi connectivity index (χ1v) is 5.90. The highest BCUT2D eigenvalue weighted by atomic mass is 16.4. The van der Waals surface area contributed by atoms with Crippen molar-refractivity contribution < 1.29 is 14.7 Å². The van der Waals surface area contributed by atoms with E-state index in [1.807, 2.05) is 30.3 Å². The number of aliphatic carboxylic acids is 1. The molecule has 1 heterocycles. The molecule has 0 aliphatic carbocycles. The molecule has 2 N–H and O–H groups in total. The number of benzene rings is 1. The van der Waals surface area contributed by atoms with E-state index in [9.17, 15) is 9.59 Å². The maximum absolute atomic E-state index is 11.1. The Morgan fingerprint density at radius 2 is 1.95 bits per heavy atom. The zero-order chi connectivity index (χ0) is 14.5. The van der Waals surface area contributed by atoms with Crippen LogP contribution in [0.2, 0.25) is 0 Å². The van der Waals surface area contributed by atoms with Gasteiger partial charge in [-0.05, 0) is 24.3 Å². The van der Waals surface area contributed by atoms with Crippen LogP contribution in [-0.4, -0.2) is 26.8 Å². The van der Waals surface area contributed by atoms with Crippen LogP contribution in [0.15, 0.2) is 48.3 Å². The molecule has 0 atom stereocenters. The molecule has 2 rings (SSSR count). The van der Waals surface area contributed by atoms with E-state index in [4.69, 9.17) is 5.11 Å². The number of carbonyl (C=O) groups is 2. The molecule has 0 unspecified atom stereocenters. The van der Waals surface area contributed by atoms with Gasteiger partial charge < -0.3 is 10.4 Å². The van der Waals surface area contributed by atoms with Gasteiger partial charge in [0.25, 0.3) is 0 Å². The number of hydrogen-bond donors (Lipinski definition) is 2. The van der Waals surface area contributed by atoms with E-state index >= 15 is 0 Å². The topological polar surface area (TPSA) is 84.2 Å². The molecule has 0 radical (unpaired) electrons. The Balaban J connectivity index is 2.41. The van der Waals surface area contributed by atoms with Gasteiger partial charge in [-0.2, -0.15) is 5.10 Å². The van der Waals surface area contributed by atoms with Crippen LogP contribution in [0, 0.1) is 0 Å². The molecule has 1 aromatic heterocycles. The van der Waals surface area contributed by atoms with Crippen LogP contribution < -0.4 is 5.32 Å². The number of para-hydroxylation sites is 1. The first-order valence-electron chi connectivity index (χ1n) is 5.90. The van der Waals surface area contributed by atoms with E-state index in [1.54, 1.807) is 16.9 Å². The van der Waals surface area contributed by atoms with Gasteiger partial charge in [0, 0.05) is 6.92 Å². The summed E-state index contributed by atoms with van der Waals surface area (Å²) in [5.41, 5.74) is 1.16. The second-order valence-electron chi connectivity index (χ2n) is 4.05. The molecule has 0 fully saturated rings. The standard InChI is InChI=1S/C14H13N3O3/c1-10(18)16-13(14(19)20)9-12-7-8-15-17(12)11-5-3-2-4-6-11/h2-9H,1H3,(H,16,18)(H,19,20)/b13-9+. The van der Waals surface area contributed by atoms with E-state index in [-0.39, 0.29) is 5.70 Å². The lowest BCUT2D eigenvalue weighted by Crippen LogP contribution is -2.24. The van der Waals surface area contributed by atoms with Crippen LogP contribution in [0.25, 0.3) is 11.8 Å². The van der Waals surface area contributed by atoms with Crippen molar-refractivity contribution >= 4 is 18.0 Å². The Hall–Kier alpha value is -2.89. The molecular formula is C14H13N3O3. The molecule has 0 saturated carbocycles. The molecule has 0 spiro atoms. The Labute approximate surface area is 115 Å². The zero-order valence-electron chi connectivity index (χ0n) is 10.8. The van der Waals surface area contributed by atoms with Crippen molar-refractivity contribution in [3.05, 3.63) is 54.0 Å². The van der Waals surface area contributed by atoms with Gasteiger partial charge in [0.2, 0.25) is 5.91 Å². The maximum Gasteiger partial charge on any atom is 0.352 e. The number of carbonyl (C=O) groups excluding carboxylic acids is 1. The summed E-state index contributed by atoms with van der Waals surface area (Å²) in [6.07, 6.45) is 2.93. The van der Waals surface area contributed by atoms with Gasteiger partial charge >= 0.3 is 5.97 Å². The third kappa shape index (κ3) is 3.11. The Morgan fingerprint density at radius 3 is 2.55 bits per heavy atom. The van der Waals surface area contributed by atoms with E-state index < -0.39 is 11.9 Å². The molecule has 0 bridgehead atoms. The molecule has 6 heteroatoms. The summed E-state index contributed by atoms with van der Waals surface area (Å²) in [5.74, 6) is -1.65. The van der Waals surface area contributed by atoms with Gasteiger partial charge in [0.05, 0.1) is 17.6 Å². The van der Waals surface area contributed by atoms with Crippen molar-refractivity contribution in [1.82, 2.24) is 15.1 Å². The number of nitrogens with zero attached hydrogens (tertiary/aromatic N) is 2. The van der Waals surface area contributed by atoms with Crippen molar-refractivity contribution in [2.75, 3.05) is 0 Å². The van der Waals surface area contributed by atoms with Crippen LogP contribution >= 0.6 is 0 Å². The minimum Gasteiger partial charge on any atom is -0.477 e. The molecule has 1 amide bonds. The number of amides is 1. The molecule has 20 heavy (non-hydrogen) atoms. The lowest BCUT2D eigenvalue weighted by molar-refractivity contribution is -0.134. The highest BCUT2D eigenvalue weighted by Crippen LogP contribution is 2.12. The number of carboxylic acid groups (broad SMARTS) is 1. The predicted octanol–water partition coefficient (Wildman–Crippen LogP) is 1.43. The molecule has 0 saturated heterocycles. The maximum atomic E-state index is 11.1. The first-order chi connectivity index (χ1) is 9.58. The summed E-state index contributed by atoms with van der Waals surface area (Å²) in [5, 5.41) is 15.5. The van der Waals surface area contributed by atoms with Crippen LogP contribution in [0.1, 0.15) is 12.6 Å². The van der Waals surface area contributed by atoms with Gasteiger partial charge in [-0.1, -0.05) is 18.2 Å². The average molecular weight is 271 g/mol. The van der Waals surface area contributed by atoms with Crippen LogP contribution in [0.4, 0.5) is 0 Å². The van der Waals surface area contributed by atoms with E-state index in [2.05, 4.69) is 10.4 Å². The van der Waals surface area contributed by atoms with Gasteiger partial charge in [-0.25, -0.2) is 9.48 Å². The number of carboxylic acids is 1. The average Bonchev–Trinajstić information content (AvgIpc) is 2.86. The molecule has 0 aliphatic rings. The molecule has 102 valence electrons. The molecular weight excluding hydrogens is 258 g/mol. The van der Waals surface area contributed by atoms with Crippen molar-refractivity contribution in [3.63, 3.8) is 0 Å². The first kappa shape index (κ1) is 13.5. The summed E-state index contributed by atoms with van der Waals surface area (Å²) in [6.45, 7) is 1.26. The summed E-state index contributed by atoms with van der Waals surface area (Å²) < 4.78 is 1.59. The van der Waals surface area contributed by atoms with Crippen LogP contribution in [0.3, 0.4) is 0 Å². The number of hydrogen-bond acceptors (Lipinski definition) is 3. The van der Waals surface area contributed by atoms with Crippen LogP contribution in [-0.2, 0) is 9.59 Å². The van der Waals surface area contributed by atoms with Gasteiger partial charge in [0.15, 0.2) is 0 Å². The van der Waals surface area contributed by atoms with E-state index in [0.29, 0.717) is 5.69 Å². The largest absolute Gasteiger partial charge is 0.477 e. The third-order valence-electron chi connectivity index (χ3n) is 2.51. The molecule has 0 aliphatic heterocycles. The fraction of sp³-hybridized carbons (Fsp3) is 0.0714. The fourth-order valence-electron chi connectivity index (χ4n) is 1.70. The monoisotopic (exact) mass is 271 g/mol. The van der Waals surface area contributed by atoms with Gasteiger partial charge in [0.1, 0.15) is 5.70 Å². The van der Waals surface area contributed by atoms with Gasteiger partial charge in [-0.3, -0.25) is 4.79 Å². The summed E-state index contributed by atoms with van der Waals surface area (Å²) >= 11 is 0. The smallest absolute Gasteiger partial charge is 0.352 e. The second-order valence-corrected chi connectivity index (χ2v) is 4.05. The Kier molecular flexibility index (Phi) is 3.95. The van der Waals surface area contributed by atoms with Crippen LogP contribution in [0.5, 0.6) is 0 Å². The quantitative estimate of drug-likeness (QED) is 0.824.